The summed E-state index contributed by atoms with van der Waals surface area (Å²) in [6.45, 7) is 1.76. The number of carbonyl (C=O) groups excluding carboxylic acids is 1. The normalized spacial score (nSPS) is 19.0. The van der Waals surface area contributed by atoms with Crippen LogP contribution in [-0.4, -0.2) is 16.2 Å². The van der Waals surface area contributed by atoms with Gasteiger partial charge in [0.15, 0.2) is 0 Å². The lowest BCUT2D eigenvalue weighted by Gasteiger charge is -2.31. The highest BCUT2D eigenvalue weighted by Gasteiger charge is 2.27. The van der Waals surface area contributed by atoms with Gasteiger partial charge in [0, 0.05) is 6.42 Å². The van der Waals surface area contributed by atoms with Gasteiger partial charge in [-0.3, -0.25) is 10.0 Å². The van der Waals surface area contributed by atoms with Gasteiger partial charge in [-0.1, -0.05) is 31.2 Å². The standard InChI is InChI=1S/C13H17NO2/c1-2-13(15)14(16)12-9-5-7-10-6-3-4-8-11(10)12/h3-4,6,8,12,16H,2,5,7,9H2,1H3. The summed E-state index contributed by atoms with van der Waals surface area (Å²) in [6.07, 6.45) is 3.25. The van der Waals surface area contributed by atoms with Gasteiger partial charge in [-0.15, -0.1) is 0 Å². The number of carbonyl (C=O) groups is 1. The summed E-state index contributed by atoms with van der Waals surface area (Å²) in [5.74, 6) is -0.207. The number of rotatable bonds is 2. The fraction of sp³-hybridized carbons (Fsp3) is 0.462. The summed E-state index contributed by atoms with van der Waals surface area (Å²) >= 11 is 0. The van der Waals surface area contributed by atoms with Gasteiger partial charge >= 0.3 is 0 Å². The van der Waals surface area contributed by atoms with Gasteiger partial charge in [-0.2, -0.15) is 0 Å². The van der Waals surface area contributed by atoms with Crippen molar-refractivity contribution in [2.24, 2.45) is 0 Å². The number of nitrogens with zero attached hydrogens (tertiary/aromatic N) is 1. The van der Waals surface area contributed by atoms with Gasteiger partial charge in [0.25, 0.3) is 0 Å². The van der Waals surface area contributed by atoms with Crippen molar-refractivity contribution < 1.29 is 10.0 Å². The molecule has 0 aromatic heterocycles. The maximum absolute atomic E-state index is 11.5. The molecule has 1 atom stereocenters. The summed E-state index contributed by atoms with van der Waals surface area (Å²) in [5.41, 5.74) is 2.35. The third-order valence-corrected chi connectivity index (χ3v) is 3.19. The Bertz CT molecular complexity index is 389. The topological polar surface area (TPSA) is 40.5 Å². The van der Waals surface area contributed by atoms with E-state index in [0.29, 0.717) is 6.42 Å². The molecule has 0 radical (unpaired) electrons. The van der Waals surface area contributed by atoms with E-state index in [1.807, 2.05) is 18.2 Å². The second kappa shape index (κ2) is 4.66. The van der Waals surface area contributed by atoms with Gasteiger partial charge in [-0.25, -0.2) is 5.06 Å². The molecule has 1 aliphatic rings. The van der Waals surface area contributed by atoms with Crippen LogP contribution in [0.5, 0.6) is 0 Å². The lowest BCUT2D eigenvalue weighted by atomic mass is 9.87. The van der Waals surface area contributed by atoms with Crippen molar-refractivity contribution in [1.29, 1.82) is 0 Å². The van der Waals surface area contributed by atoms with Crippen molar-refractivity contribution in [2.45, 2.75) is 38.6 Å². The van der Waals surface area contributed by atoms with Crippen LogP contribution in [0.4, 0.5) is 0 Å². The third kappa shape index (κ3) is 1.95. The largest absolute Gasteiger partial charge is 0.285 e. The maximum atomic E-state index is 11.5. The molecule has 3 nitrogen and oxygen atoms in total. The first-order valence-corrected chi connectivity index (χ1v) is 5.82. The highest BCUT2D eigenvalue weighted by atomic mass is 16.5. The predicted octanol–water partition coefficient (Wildman–Crippen LogP) is 2.69. The smallest absolute Gasteiger partial charge is 0.246 e. The molecule has 1 aliphatic carbocycles. The Balaban J connectivity index is 2.28. The highest BCUT2D eigenvalue weighted by Crippen LogP contribution is 2.33. The molecule has 1 aromatic rings. The van der Waals surface area contributed by atoms with Crippen LogP contribution in [-0.2, 0) is 11.2 Å². The molecule has 2 rings (SSSR count). The SMILES string of the molecule is CCC(=O)N(O)C1CCCc2ccccc21. The van der Waals surface area contributed by atoms with Crippen LogP contribution in [0, 0.1) is 0 Å². The molecule has 0 aliphatic heterocycles. The Hall–Kier alpha value is -1.35. The van der Waals surface area contributed by atoms with Crippen LogP contribution in [0.25, 0.3) is 0 Å². The number of aryl methyl sites for hydroxylation is 1. The molecule has 16 heavy (non-hydrogen) atoms. The van der Waals surface area contributed by atoms with Crippen LogP contribution in [0.1, 0.15) is 43.4 Å². The average molecular weight is 219 g/mol. The summed E-state index contributed by atoms with van der Waals surface area (Å²) in [4.78, 5) is 11.5. The molecule has 0 spiro atoms. The van der Waals surface area contributed by atoms with E-state index in [2.05, 4.69) is 6.07 Å². The minimum atomic E-state index is -0.207. The van der Waals surface area contributed by atoms with Crippen molar-refractivity contribution >= 4 is 5.91 Å². The molecule has 1 aromatic carbocycles. The van der Waals surface area contributed by atoms with E-state index >= 15 is 0 Å². The van der Waals surface area contributed by atoms with Gasteiger partial charge in [0.2, 0.25) is 5.91 Å². The zero-order chi connectivity index (χ0) is 11.5. The molecule has 0 saturated carbocycles. The zero-order valence-corrected chi connectivity index (χ0v) is 9.52. The summed E-state index contributed by atoms with van der Waals surface area (Å²) in [6, 6.07) is 7.89. The number of hydroxylamine groups is 2. The second-order valence-electron chi connectivity index (χ2n) is 4.20. The number of benzene rings is 1. The average Bonchev–Trinajstić information content (AvgIpc) is 2.36. The third-order valence-electron chi connectivity index (χ3n) is 3.19. The monoisotopic (exact) mass is 219 g/mol. The maximum Gasteiger partial charge on any atom is 0.246 e. The lowest BCUT2D eigenvalue weighted by Crippen LogP contribution is -2.33. The molecule has 3 heteroatoms. The van der Waals surface area contributed by atoms with E-state index in [1.54, 1.807) is 6.92 Å². The van der Waals surface area contributed by atoms with E-state index in [1.165, 1.54) is 5.56 Å². The molecule has 0 bridgehead atoms. The summed E-state index contributed by atoms with van der Waals surface area (Å²) in [5, 5.41) is 10.8. The molecule has 0 saturated heterocycles. The molecular formula is C13H17NO2. The molecule has 0 fully saturated rings. The quantitative estimate of drug-likeness (QED) is 0.613. The Labute approximate surface area is 95.6 Å². The van der Waals surface area contributed by atoms with E-state index in [4.69, 9.17) is 0 Å². The van der Waals surface area contributed by atoms with Crippen LogP contribution < -0.4 is 0 Å². The first kappa shape index (κ1) is 11.1. The molecule has 1 N–H and O–H groups in total. The zero-order valence-electron chi connectivity index (χ0n) is 9.52. The van der Waals surface area contributed by atoms with Gasteiger partial charge in [0.05, 0.1) is 6.04 Å². The Morgan fingerprint density at radius 1 is 1.50 bits per heavy atom. The molecular weight excluding hydrogens is 202 g/mol. The molecule has 0 heterocycles. The Morgan fingerprint density at radius 3 is 3.00 bits per heavy atom. The van der Waals surface area contributed by atoms with Gasteiger partial charge in [-0.05, 0) is 30.4 Å². The number of hydrogen-bond acceptors (Lipinski definition) is 2. The fourth-order valence-electron chi connectivity index (χ4n) is 2.32. The Morgan fingerprint density at radius 2 is 2.25 bits per heavy atom. The second-order valence-corrected chi connectivity index (χ2v) is 4.20. The van der Waals surface area contributed by atoms with E-state index in [0.717, 1.165) is 29.9 Å². The van der Waals surface area contributed by atoms with Crippen LogP contribution in [0.3, 0.4) is 0 Å². The minimum absolute atomic E-state index is 0.155. The van der Waals surface area contributed by atoms with Crippen LogP contribution >= 0.6 is 0 Å². The highest BCUT2D eigenvalue weighted by molar-refractivity contribution is 5.75. The van der Waals surface area contributed by atoms with Crippen molar-refractivity contribution in [3.63, 3.8) is 0 Å². The summed E-state index contributed by atoms with van der Waals surface area (Å²) in [7, 11) is 0. The van der Waals surface area contributed by atoms with Crippen LogP contribution in [0.15, 0.2) is 24.3 Å². The van der Waals surface area contributed by atoms with Crippen molar-refractivity contribution in [2.75, 3.05) is 0 Å². The number of fused-ring (bicyclic) bond motifs is 1. The van der Waals surface area contributed by atoms with E-state index in [-0.39, 0.29) is 11.9 Å². The van der Waals surface area contributed by atoms with E-state index < -0.39 is 0 Å². The predicted molar refractivity (Wildman–Crippen MR) is 61.0 cm³/mol. The van der Waals surface area contributed by atoms with E-state index in [9.17, 15) is 10.0 Å². The van der Waals surface area contributed by atoms with Gasteiger partial charge in [0.1, 0.15) is 0 Å². The van der Waals surface area contributed by atoms with Crippen molar-refractivity contribution in [3.8, 4) is 0 Å². The first-order chi connectivity index (χ1) is 7.74. The molecule has 86 valence electrons. The Kier molecular flexibility index (Phi) is 3.25. The fourth-order valence-corrected chi connectivity index (χ4v) is 2.32. The van der Waals surface area contributed by atoms with Gasteiger partial charge < -0.3 is 0 Å². The minimum Gasteiger partial charge on any atom is -0.285 e. The molecule has 1 amide bonds. The van der Waals surface area contributed by atoms with Crippen molar-refractivity contribution in [3.05, 3.63) is 35.4 Å². The first-order valence-electron chi connectivity index (χ1n) is 5.82. The number of hydrogen-bond donors (Lipinski definition) is 1. The van der Waals surface area contributed by atoms with Crippen molar-refractivity contribution in [1.82, 2.24) is 5.06 Å². The summed E-state index contributed by atoms with van der Waals surface area (Å²) < 4.78 is 0. The molecule has 1 unspecified atom stereocenters. The van der Waals surface area contributed by atoms with Crippen LogP contribution in [0.2, 0.25) is 0 Å². The number of amides is 1. The lowest BCUT2D eigenvalue weighted by molar-refractivity contribution is -0.177.